The third kappa shape index (κ3) is 3.86. The molecule has 0 amide bonds. The van der Waals surface area contributed by atoms with E-state index >= 15 is 0 Å². The number of hydrogen-bond acceptors (Lipinski definition) is 3. The number of nitrogens with zero attached hydrogens (tertiary/aromatic N) is 3. The third-order valence-corrected chi connectivity index (χ3v) is 4.28. The number of aromatic nitrogens is 2. The minimum atomic E-state index is 0.723. The first-order chi connectivity index (χ1) is 10.1. The van der Waals surface area contributed by atoms with Crippen LogP contribution in [-0.4, -0.2) is 22.9 Å². The normalized spacial score (nSPS) is 14.4. The molecule has 0 spiro atoms. The molecule has 1 saturated carbocycles. The van der Waals surface area contributed by atoms with E-state index in [0.717, 1.165) is 23.6 Å². The number of nitrogens with one attached hydrogen (secondary N) is 1. The summed E-state index contributed by atoms with van der Waals surface area (Å²) in [4.78, 5) is 2.29. The topological polar surface area (TPSA) is 33.1 Å². The van der Waals surface area contributed by atoms with Gasteiger partial charge in [-0.3, -0.25) is 4.68 Å². The highest BCUT2D eigenvalue weighted by molar-refractivity contribution is 9.10. The maximum Gasteiger partial charge on any atom is 0.0539 e. The van der Waals surface area contributed by atoms with E-state index in [1.807, 2.05) is 17.9 Å². The van der Waals surface area contributed by atoms with Gasteiger partial charge in [-0.2, -0.15) is 5.10 Å². The van der Waals surface area contributed by atoms with Crippen molar-refractivity contribution in [2.75, 3.05) is 11.9 Å². The van der Waals surface area contributed by atoms with E-state index in [1.54, 1.807) is 0 Å². The molecule has 0 aliphatic heterocycles. The molecule has 112 valence electrons. The van der Waals surface area contributed by atoms with E-state index in [0.29, 0.717) is 0 Å². The summed E-state index contributed by atoms with van der Waals surface area (Å²) in [6.07, 6.45) is 6.62. The monoisotopic (exact) mass is 348 g/mol. The Hall–Kier alpha value is -1.33. The molecular weight excluding hydrogens is 328 g/mol. The number of benzene rings is 1. The molecule has 1 heterocycles. The smallest absolute Gasteiger partial charge is 0.0539 e. The predicted molar refractivity (Wildman–Crippen MR) is 89.3 cm³/mol. The zero-order chi connectivity index (χ0) is 14.8. The molecule has 1 aromatic carbocycles. The van der Waals surface area contributed by atoms with Gasteiger partial charge < -0.3 is 10.2 Å². The minimum absolute atomic E-state index is 0.723. The van der Waals surface area contributed by atoms with Gasteiger partial charge in [0.2, 0.25) is 0 Å². The van der Waals surface area contributed by atoms with E-state index in [4.69, 9.17) is 0 Å². The van der Waals surface area contributed by atoms with Crippen LogP contribution >= 0.6 is 15.9 Å². The molecule has 21 heavy (non-hydrogen) atoms. The molecule has 3 rings (SSSR count). The number of aryl methyl sites for hydroxylation is 1. The Bertz CT molecular complexity index is 618. The van der Waals surface area contributed by atoms with Crippen LogP contribution in [-0.2, 0) is 20.1 Å². The van der Waals surface area contributed by atoms with Crippen LogP contribution in [0.2, 0.25) is 0 Å². The Balaban J connectivity index is 1.75. The largest absolute Gasteiger partial charge is 0.370 e. The second kappa shape index (κ2) is 6.20. The molecule has 5 heteroatoms. The zero-order valence-corrected chi connectivity index (χ0v) is 14.1. The molecule has 0 unspecified atom stereocenters. The Morgan fingerprint density at radius 2 is 2.24 bits per heavy atom. The fourth-order valence-electron chi connectivity index (χ4n) is 2.52. The third-order valence-electron chi connectivity index (χ3n) is 3.79. The molecule has 1 aromatic heterocycles. The zero-order valence-electron chi connectivity index (χ0n) is 12.5. The standard InChI is InChI=1S/C16H21BrN4/c1-20(10-12-8-19-21(2)11-12)16-6-3-14(17)7-13(16)9-18-15-4-5-15/h3,6-8,11,15,18H,4-5,9-10H2,1-2H3. The first-order valence-electron chi connectivity index (χ1n) is 7.32. The Morgan fingerprint density at radius 1 is 1.43 bits per heavy atom. The van der Waals surface area contributed by atoms with E-state index in [9.17, 15) is 0 Å². The van der Waals surface area contributed by atoms with Crippen molar-refractivity contribution < 1.29 is 0 Å². The van der Waals surface area contributed by atoms with Crippen LogP contribution in [0.3, 0.4) is 0 Å². The van der Waals surface area contributed by atoms with E-state index in [2.05, 4.69) is 62.7 Å². The van der Waals surface area contributed by atoms with Gasteiger partial charge in [-0.1, -0.05) is 15.9 Å². The first kappa shape index (κ1) is 14.6. The lowest BCUT2D eigenvalue weighted by Crippen LogP contribution is -2.21. The number of halogens is 1. The van der Waals surface area contributed by atoms with Crippen molar-refractivity contribution in [2.24, 2.45) is 7.05 Å². The maximum atomic E-state index is 4.24. The van der Waals surface area contributed by atoms with Crippen molar-refractivity contribution in [1.29, 1.82) is 0 Å². The highest BCUT2D eigenvalue weighted by atomic mass is 79.9. The van der Waals surface area contributed by atoms with Crippen LogP contribution in [0, 0.1) is 0 Å². The van der Waals surface area contributed by atoms with Gasteiger partial charge in [-0.05, 0) is 36.6 Å². The van der Waals surface area contributed by atoms with Crippen molar-refractivity contribution in [3.63, 3.8) is 0 Å². The van der Waals surface area contributed by atoms with Crippen LogP contribution in [0.25, 0.3) is 0 Å². The molecule has 0 atom stereocenters. The molecule has 1 fully saturated rings. The maximum absolute atomic E-state index is 4.24. The van der Waals surface area contributed by atoms with Crippen LogP contribution in [0.1, 0.15) is 24.0 Å². The molecule has 1 aliphatic carbocycles. The van der Waals surface area contributed by atoms with Crippen LogP contribution in [0.4, 0.5) is 5.69 Å². The second-order valence-electron chi connectivity index (χ2n) is 5.81. The summed E-state index contributed by atoms with van der Waals surface area (Å²) < 4.78 is 2.98. The lowest BCUT2D eigenvalue weighted by atomic mass is 10.1. The lowest BCUT2D eigenvalue weighted by Gasteiger charge is -2.22. The molecule has 2 aromatic rings. The van der Waals surface area contributed by atoms with Crippen molar-refractivity contribution in [3.8, 4) is 0 Å². The van der Waals surface area contributed by atoms with Gasteiger partial charge in [0.1, 0.15) is 0 Å². The van der Waals surface area contributed by atoms with Crippen molar-refractivity contribution >= 4 is 21.6 Å². The van der Waals surface area contributed by atoms with E-state index in [1.165, 1.54) is 29.7 Å². The molecule has 0 saturated heterocycles. The fraction of sp³-hybridized carbons (Fsp3) is 0.438. The fourth-order valence-corrected chi connectivity index (χ4v) is 2.93. The van der Waals surface area contributed by atoms with Crippen LogP contribution in [0.15, 0.2) is 35.1 Å². The summed E-state index contributed by atoms with van der Waals surface area (Å²) in [5.41, 5.74) is 3.84. The van der Waals surface area contributed by atoms with Crippen molar-refractivity contribution in [2.45, 2.75) is 32.0 Å². The van der Waals surface area contributed by atoms with Crippen molar-refractivity contribution in [1.82, 2.24) is 15.1 Å². The Labute approximate surface area is 134 Å². The van der Waals surface area contributed by atoms with Crippen molar-refractivity contribution in [3.05, 3.63) is 46.2 Å². The summed E-state index contributed by atoms with van der Waals surface area (Å²) in [6, 6.07) is 7.23. The average Bonchev–Trinajstić information content (AvgIpc) is 3.19. The van der Waals surface area contributed by atoms with Gasteiger partial charge in [0.25, 0.3) is 0 Å². The van der Waals surface area contributed by atoms with Gasteiger partial charge in [-0.25, -0.2) is 0 Å². The first-order valence-corrected chi connectivity index (χ1v) is 8.11. The highest BCUT2D eigenvalue weighted by Crippen LogP contribution is 2.27. The molecular formula is C16H21BrN4. The van der Waals surface area contributed by atoms with Crippen LogP contribution in [0.5, 0.6) is 0 Å². The van der Waals surface area contributed by atoms with Gasteiger partial charge in [0, 0.05) is 55.1 Å². The van der Waals surface area contributed by atoms with Crippen LogP contribution < -0.4 is 10.2 Å². The Kier molecular flexibility index (Phi) is 4.31. The van der Waals surface area contributed by atoms with Gasteiger partial charge in [0.05, 0.1) is 6.20 Å². The number of anilines is 1. The SMILES string of the molecule is CN(Cc1cnn(C)c1)c1ccc(Br)cc1CNC1CC1. The lowest BCUT2D eigenvalue weighted by molar-refractivity contribution is 0.685. The summed E-state index contributed by atoms with van der Waals surface area (Å²) in [5, 5.41) is 7.84. The highest BCUT2D eigenvalue weighted by Gasteiger charge is 2.21. The second-order valence-corrected chi connectivity index (χ2v) is 6.72. The summed E-state index contributed by atoms with van der Waals surface area (Å²) in [5.74, 6) is 0. The number of hydrogen-bond donors (Lipinski definition) is 1. The van der Waals surface area contributed by atoms with E-state index in [-0.39, 0.29) is 0 Å². The molecule has 4 nitrogen and oxygen atoms in total. The quantitative estimate of drug-likeness (QED) is 0.870. The van der Waals surface area contributed by atoms with Gasteiger partial charge in [0.15, 0.2) is 0 Å². The summed E-state index contributed by atoms with van der Waals surface area (Å²) in [7, 11) is 4.09. The minimum Gasteiger partial charge on any atom is -0.370 e. The molecule has 0 radical (unpaired) electrons. The number of rotatable bonds is 6. The average molecular weight is 349 g/mol. The molecule has 1 aliphatic rings. The van der Waals surface area contributed by atoms with Gasteiger partial charge >= 0.3 is 0 Å². The predicted octanol–water partition coefficient (Wildman–Crippen LogP) is 3.07. The van der Waals surface area contributed by atoms with E-state index < -0.39 is 0 Å². The Morgan fingerprint density at radius 3 is 2.90 bits per heavy atom. The molecule has 0 bridgehead atoms. The summed E-state index contributed by atoms with van der Waals surface area (Å²) in [6.45, 7) is 1.79. The van der Waals surface area contributed by atoms with Gasteiger partial charge in [-0.15, -0.1) is 0 Å². The summed E-state index contributed by atoms with van der Waals surface area (Å²) >= 11 is 3.58. The molecule has 1 N–H and O–H groups in total.